The number of thioether (sulfide) groups is 1. The van der Waals surface area contributed by atoms with Gasteiger partial charge in [0.25, 0.3) is 11.7 Å². The van der Waals surface area contributed by atoms with Crippen LogP contribution in [0.25, 0.3) is 0 Å². The highest BCUT2D eigenvalue weighted by molar-refractivity contribution is 7.99. The number of nitrogens with one attached hydrogen (secondary N) is 2. The normalized spacial score (nSPS) is 22.9. The van der Waals surface area contributed by atoms with Crippen LogP contribution in [0, 0.1) is 17.8 Å². The Kier molecular flexibility index (Phi) is 7.76. The maximum atomic E-state index is 12.9. The van der Waals surface area contributed by atoms with Crippen molar-refractivity contribution in [2.45, 2.75) is 62.3 Å². The molecule has 5 nitrogen and oxygen atoms in total. The van der Waals surface area contributed by atoms with Crippen LogP contribution in [0.2, 0.25) is 0 Å². The van der Waals surface area contributed by atoms with E-state index in [2.05, 4.69) is 10.6 Å². The van der Waals surface area contributed by atoms with E-state index in [1.165, 1.54) is 25.7 Å². The molecule has 0 heterocycles. The Hall–Kier alpha value is -2.61. The molecule has 182 valence electrons. The highest BCUT2D eigenvalue weighted by Gasteiger charge is 2.42. The molecule has 0 aromatic heterocycles. The summed E-state index contributed by atoms with van der Waals surface area (Å²) in [4.78, 5) is 26.0. The van der Waals surface area contributed by atoms with Gasteiger partial charge < -0.3 is 15.4 Å². The van der Waals surface area contributed by atoms with Gasteiger partial charge in [-0.15, -0.1) is 0 Å². The number of anilines is 2. The van der Waals surface area contributed by atoms with Crippen LogP contribution in [0.1, 0.15) is 49.9 Å². The number of carbonyl (C=O) groups excluding carboxylic acids is 2. The van der Waals surface area contributed by atoms with Gasteiger partial charge in [-0.2, -0.15) is 8.78 Å². The largest absolute Gasteiger partial charge is 0.449 e. The quantitative estimate of drug-likeness (QED) is 0.323. The number of para-hydroxylation sites is 1. The molecular formula is C26H30F2N2O3S. The Bertz CT molecular complexity index is 1020. The van der Waals surface area contributed by atoms with E-state index < -0.39 is 17.8 Å². The van der Waals surface area contributed by atoms with E-state index in [-0.39, 0.29) is 17.5 Å². The predicted octanol–water partition coefficient (Wildman–Crippen LogP) is 6.23. The van der Waals surface area contributed by atoms with Gasteiger partial charge in [0.15, 0.2) is 6.10 Å². The SMILES string of the molecule is C[C@H](OC(=O)c1ccccc1Nc1ccc(SC(F)F)cc1)C(=O)N[C@@H](C)[C@@H]1C[C@H]2CC[C@H]1C2. The fourth-order valence-corrected chi connectivity index (χ4v) is 5.78. The standard InChI is InChI=1S/C26H30F2N2O3S/c1-15(22-14-17-7-8-18(22)13-17)29-24(31)16(2)33-25(32)21-5-3-4-6-23(21)30-19-9-11-20(12-10-19)34-26(27)28/h3-6,9-12,15-18,22,26,30H,7-8,13-14H2,1-2H3,(H,29,31)/t15-,16-,17-,18-,22-/m0/s1. The Balaban J connectivity index is 1.35. The third-order valence-electron chi connectivity index (χ3n) is 6.96. The van der Waals surface area contributed by atoms with Gasteiger partial charge in [0.2, 0.25) is 0 Å². The molecule has 0 aliphatic heterocycles. The Morgan fingerprint density at radius 3 is 2.41 bits per heavy atom. The molecule has 2 aliphatic carbocycles. The summed E-state index contributed by atoms with van der Waals surface area (Å²) in [6.45, 7) is 3.62. The maximum Gasteiger partial charge on any atom is 0.341 e. The Labute approximate surface area is 203 Å². The van der Waals surface area contributed by atoms with Crippen LogP contribution in [0.3, 0.4) is 0 Å². The van der Waals surface area contributed by atoms with Gasteiger partial charge in [0.05, 0.1) is 11.3 Å². The lowest BCUT2D eigenvalue weighted by atomic mass is 9.84. The van der Waals surface area contributed by atoms with Crippen LogP contribution in [-0.2, 0) is 9.53 Å². The summed E-state index contributed by atoms with van der Waals surface area (Å²) < 4.78 is 30.5. The van der Waals surface area contributed by atoms with Crippen LogP contribution in [0.15, 0.2) is 53.4 Å². The summed E-state index contributed by atoms with van der Waals surface area (Å²) in [6, 6.07) is 13.4. The first-order valence-electron chi connectivity index (χ1n) is 11.7. The van der Waals surface area contributed by atoms with E-state index in [9.17, 15) is 18.4 Å². The number of ether oxygens (including phenoxy) is 1. The fourth-order valence-electron chi connectivity index (χ4n) is 5.28. The molecule has 2 fully saturated rings. The van der Waals surface area contributed by atoms with Gasteiger partial charge >= 0.3 is 5.97 Å². The molecule has 0 unspecified atom stereocenters. The molecule has 0 spiro atoms. The van der Waals surface area contributed by atoms with Crippen LogP contribution in [0.4, 0.5) is 20.2 Å². The van der Waals surface area contributed by atoms with Gasteiger partial charge in [-0.1, -0.05) is 30.3 Å². The fraction of sp³-hybridized carbons (Fsp3) is 0.462. The molecule has 2 N–H and O–H groups in total. The van der Waals surface area contributed by atoms with E-state index in [0.29, 0.717) is 39.9 Å². The molecule has 1 amide bonds. The summed E-state index contributed by atoms with van der Waals surface area (Å²) in [5, 5.41) is 6.17. The zero-order valence-corrected chi connectivity index (χ0v) is 20.1. The molecule has 2 aromatic carbocycles. The molecule has 4 rings (SSSR count). The summed E-state index contributed by atoms with van der Waals surface area (Å²) >= 11 is 0.473. The van der Waals surface area contributed by atoms with Crippen molar-refractivity contribution < 1.29 is 23.1 Å². The average molecular weight is 489 g/mol. The van der Waals surface area contributed by atoms with Crippen molar-refractivity contribution in [2.24, 2.45) is 17.8 Å². The first-order chi connectivity index (χ1) is 16.3. The zero-order chi connectivity index (χ0) is 24.2. The van der Waals surface area contributed by atoms with Crippen molar-refractivity contribution in [3.63, 3.8) is 0 Å². The molecule has 2 aromatic rings. The molecule has 0 radical (unpaired) electrons. The van der Waals surface area contributed by atoms with Gasteiger partial charge in [0, 0.05) is 16.6 Å². The van der Waals surface area contributed by atoms with Crippen molar-refractivity contribution in [1.29, 1.82) is 0 Å². The summed E-state index contributed by atoms with van der Waals surface area (Å²) in [5.74, 6) is -1.39. The van der Waals surface area contributed by atoms with E-state index in [4.69, 9.17) is 4.74 Å². The average Bonchev–Trinajstić information content (AvgIpc) is 3.44. The molecule has 8 heteroatoms. The monoisotopic (exact) mass is 488 g/mol. The lowest BCUT2D eigenvalue weighted by Gasteiger charge is -2.29. The van der Waals surface area contributed by atoms with E-state index in [0.717, 1.165) is 5.92 Å². The number of hydrogen-bond donors (Lipinski definition) is 2. The lowest BCUT2D eigenvalue weighted by molar-refractivity contribution is -0.130. The molecule has 5 atom stereocenters. The number of esters is 1. The van der Waals surface area contributed by atoms with Crippen LogP contribution in [-0.4, -0.2) is 29.8 Å². The Morgan fingerprint density at radius 1 is 1.03 bits per heavy atom. The van der Waals surface area contributed by atoms with Crippen molar-refractivity contribution >= 4 is 35.0 Å². The predicted molar refractivity (Wildman–Crippen MR) is 129 cm³/mol. The van der Waals surface area contributed by atoms with E-state index in [1.54, 1.807) is 55.5 Å². The first kappa shape index (κ1) is 24.5. The number of amides is 1. The third-order valence-corrected chi connectivity index (χ3v) is 7.69. The minimum atomic E-state index is -2.48. The molecule has 2 aliphatic rings. The van der Waals surface area contributed by atoms with Gasteiger partial charge in [-0.3, -0.25) is 4.79 Å². The smallest absolute Gasteiger partial charge is 0.341 e. The minimum Gasteiger partial charge on any atom is -0.449 e. The number of alkyl halides is 2. The van der Waals surface area contributed by atoms with Gasteiger partial charge in [-0.25, -0.2) is 4.79 Å². The topological polar surface area (TPSA) is 67.4 Å². The number of rotatable bonds is 9. The van der Waals surface area contributed by atoms with E-state index in [1.807, 2.05) is 6.92 Å². The van der Waals surface area contributed by atoms with Crippen molar-refractivity contribution in [1.82, 2.24) is 5.32 Å². The van der Waals surface area contributed by atoms with Crippen molar-refractivity contribution in [3.8, 4) is 0 Å². The van der Waals surface area contributed by atoms with E-state index >= 15 is 0 Å². The summed E-state index contributed by atoms with van der Waals surface area (Å²) in [7, 11) is 0. The number of benzene rings is 2. The number of carbonyl (C=O) groups is 2. The molecule has 0 saturated heterocycles. The molecule has 2 bridgehead atoms. The van der Waals surface area contributed by atoms with Crippen LogP contribution >= 0.6 is 11.8 Å². The zero-order valence-electron chi connectivity index (χ0n) is 19.3. The number of hydrogen-bond acceptors (Lipinski definition) is 5. The van der Waals surface area contributed by atoms with Crippen LogP contribution < -0.4 is 10.6 Å². The number of fused-ring (bicyclic) bond motifs is 2. The van der Waals surface area contributed by atoms with Gasteiger partial charge in [-0.05, 0) is 87.3 Å². The minimum absolute atomic E-state index is 0.0594. The third kappa shape index (κ3) is 5.90. The highest BCUT2D eigenvalue weighted by Crippen LogP contribution is 2.49. The first-order valence-corrected chi connectivity index (χ1v) is 12.6. The second-order valence-electron chi connectivity index (χ2n) is 9.26. The molecule has 34 heavy (non-hydrogen) atoms. The van der Waals surface area contributed by atoms with Crippen molar-refractivity contribution in [3.05, 3.63) is 54.1 Å². The second kappa shape index (κ2) is 10.8. The maximum absolute atomic E-state index is 12.9. The van der Waals surface area contributed by atoms with Crippen LogP contribution in [0.5, 0.6) is 0 Å². The Morgan fingerprint density at radius 2 is 1.76 bits per heavy atom. The summed E-state index contributed by atoms with van der Waals surface area (Å²) in [5.41, 5.74) is 1.43. The molecule has 2 saturated carbocycles. The van der Waals surface area contributed by atoms with Crippen molar-refractivity contribution in [2.75, 3.05) is 5.32 Å². The number of halogens is 2. The lowest BCUT2D eigenvalue weighted by Crippen LogP contribution is -2.45. The highest BCUT2D eigenvalue weighted by atomic mass is 32.2. The summed E-state index contributed by atoms with van der Waals surface area (Å²) in [6.07, 6.45) is 4.07. The second-order valence-corrected chi connectivity index (χ2v) is 10.3. The molecular weight excluding hydrogens is 458 g/mol. The van der Waals surface area contributed by atoms with Gasteiger partial charge in [0.1, 0.15) is 0 Å².